The molecule has 64 valence electrons. The van der Waals surface area contributed by atoms with Gasteiger partial charge in [0.05, 0.1) is 0 Å². The molecular weight excluding hydrogens is 150 g/mol. The van der Waals surface area contributed by atoms with Crippen LogP contribution in [0.25, 0.3) is 0 Å². The van der Waals surface area contributed by atoms with Crippen LogP contribution in [0.4, 0.5) is 5.82 Å². The van der Waals surface area contributed by atoms with Gasteiger partial charge in [-0.25, -0.2) is 4.98 Å². The van der Waals surface area contributed by atoms with E-state index < -0.39 is 0 Å². The molecule has 0 aromatic carbocycles. The Labute approximate surface area is 72.0 Å². The summed E-state index contributed by atoms with van der Waals surface area (Å²) in [6, 6.07) is 2.62. The highest BCUT2D eigenvalue weighted by molar-refractivity contribution is 5.40. The molecule has 0 saturated carbocycles. The predicted molar refractivity (Wildman–Crippen MR) is 48.7 cm³/mol. The summed E-state index contributed by atoms with van der Waals surface area (Å²) < 4.78 is 0. The summed E-state index contributed by atoms with van der Waals surface area (Å²) in [4.78, 5) is 4.12. The largest absolute Gasteiger partial charge is 0.383 e. The smallest absolute Gasteiger partial charge is 0.126 e. The van der Waals surface area contributed by atoms with Gasteiger partial charge in [0.1, 0.15) is 5.82 Å². The second-order valence-electron chi connectivity index (χ2n) is 3.27. The average Bonchev–Trinajstić information content (AvgIpc) is 1.93. The first-order valence-corrected chi connectivity index (χ1v) is 4.23. The molecule has 1 atom stereocenters. The van der Waals surface area contributed by atoms with Crippen LogP contribution in [-0.4, -0.2) is 11.5 Å². The van der Waals surface area contributed by atoms with Crippen molar-refractivity contribution in [3.63, 3.8) is 0 Å². The first-order chi connectivity index (χ1) is 5.77. The molecule has 3 N–H and O–H groups in total. The molecule has 0 radical (unpaired) electrons. The molecule has 0 unspecified atom stereocenters. The molecule has 0 bridgehead atoms. The van der Waals surface area contributed by atoms with Crippen LogP contribution in [0.3, 0.4) is 0 Å². The molecule has 1 saturated heterocycles. The third-order valence-corrected chi connectivity index (χ3v) is 2.37. The number of hydrogen-bond acceptors (Lipinski definition) is 3. The van der Waals surface area contributed by atoms with Crippen LogP contribution < -0.4 is 11.1 Å². The van der Waals surface area contributed by atoms with Crippen LogP contribution in [0.5, 0.6) is 0 Å². The molecule has 12 heavy (non-hydrogen) atoms. The Morgan fingerprint density at radius 2 is 2.42 bits per heavy atom. The van der Waals surface area contributed by atoms with Crippen LogP contribution >= 0.6 is 0 Å². The van der Waals surface area contributed by atoms with E-state index in [1.54, 1.807) is 0 Å². The molecule has 3 heteroatoms. The van der Waals surface area contributed by atoms with Crippen LogP contribution in [0.15, 0.2) is 12.3 Å². The van der Waals surface area contributed by atoms with E-state index in [1.807, 2.05) is 13.1 Å². The zero-order valence-corrected chi connectivity index (χ0v) is 7.17. The van der Waals surface area contributed by atoms with Gasteiger partial charge < -0.3 is 11.1 Å². The lowest BCUT2D eigenvalue weighted by atomic mass is 9.99. The van der Waals surface area contributed by atoms with Gasteiger partial charge in [-0.15, -0.1) is 0 Å². The van der Waals surface area contributed by atoms with Crippen molar-refractivity contribution in [3.8, 4) is 0 Å². The van der Waals surface area contributed by atoms with E-state index in [9.17, 15) is 0 Å². The average molecular weight is 163 g/mol. The summed E-state index contributed by atoms with van der Waals surface area (Å²) in [7, 11) is 0. The van der Waals surface area contributed by atoms with Gasteiger partial charge in [-0.1, -0.05) is 0 Å². The highest BCUT2D eigenvalue weighted by atomic mass is 15.0. The normalized spacial score (nSPS) is 21.9. The van der Waals surface area contributed by atoms with E-state index in [0.717, 1.165) is 12.1 Å². The molecule has 0 amide bonds. The second kappa shape index (κ2) is 2.75. The Bertz CT molecular complexity index is 292. The number of anilines is 1. The number of pyridine rings is 1. The second-order valence-corrected chi connectivity index (χ2v) is 3.27. The molecule has 1 aliphatic rings. The van der Waals surface area contributed by atoms with Crippen molar-refractivity contribution >= 4 is 5.82 Å². The van der Waals surface area contributed by atoms with Crippen molar-refractivity contribution in [3.05, 3.63) is 23.4 Å². The highest BCUT2D eigenvalue weighted by Gasteiger charge is 2.18. The molecular formula is C9H13N3. The Kier molecular flexibility index (Phi) is 1.73. The third-order valence-electron chi connectivity index (χ3n) is 2.37. The minimum Gasteiger partial charge on any atom is -0.383 e. The minimum atomic E-state index is 0.511. The van der Waals surface area contributed by atoms with E-state index in [4.69, 9.17) is 5.73 Å². The Morgan fingerprint density at radius 1 is 1.67 bits per heavy atom. The van der Waals surface area contributed by atoms with E-state index in [0.29, 0.717) is 11.9 Å². The number of hydrogen-bond donors (Lipinski definition) is 2. The maximum Gasteiger partial charge on any atom is 0.126 e. The zero-order valence-electron chi connectivity index (χ0n) is 7.17. The van der Waals surface area contributed by atoms with Gasteiger partial charge in [-0.3, -0.25) is 0 Å². The Balaban J connectivity index is 2.27. The summed E-state index contributed by atoms with van der Waals surface area (Å²) in [5.74, 6) is 0.637. The molecule has 0 spiro atoms. The van der Waals surface area contributed by atoms with Crippen LogP contribution in [0.2, 0.25) is 0 Å². The zero-order chi connectivity index (χ0) is 8.55. The van der Waals surface area contributed by atoms with E-state index >= 15 is 0 Å². The van der Waals surface area contributed by atoms with Crippen molar-refractivity contribution in [1.29, 1.82) is 0 Å². The van der Waals surface area contributed by atoms with Gasteiger partial charge in [-0.05, 0) is 37.1 Å². The molecule has 0 aliphatic carbocycles. The minimum absolute atomic E-state index is 0.511. The number of nitrogens with two attached hydrogens (primary N) is 1. The van der Waals surface area contributed by atoms with Gasteiger partial charge >= 0.3 is 0 Å². The maximum atomic E-state index is 5.62. The first-order valence-electron chi connectivity index (χ1n) is 4.23. The molecule has 1 aromatic rings. The number of nitrogen functional groups attached to an aromatic ring is 1. The van der Waals surface area contributed by atoms with Gasteiger partial charge in [0.15, 0.2) is 0 Å². The maximum absolute atomic E-state index is 5.62. The summed E-state index contributed by atoms with van der Waals surface area (Å²) in [5, 5.41) is 3.33. The number of nitrogens with one attached hydrogen (secondary N) is 1. The summed E-state index contributed by atoms with van der Waals surface area (Å²) in [6.07, 6.45) is 3.07. The molecule has 1 aromatic heterocycles. The van der Waals surface area contributed by atoms with E-state index in [2.05, 4.69) is 16.4 Å². The van der Waals surface area contributed by atoms with Crippen molar-refractivity contribution in [2.45, 2.75) is 19.4 Å². The summed E-state index contributed by atoms with van der Waals surface area (Å²) in [5.41, 5.74) is 7.94. The van der Waals surface area contributed by atoms with Crippen LogP contribution in [-0.2, 0) is 0 Å². The van der Waals surface area contributed by atoms with Crippen LogP contribution in [0.1, 0.15) is 23.6 Å². The standard InChI is InChI=1S/C9H13N3/c1-6-4-7(5-12-9(6)10)8-2-3-11-8/h4-5,8,11H,2-3H2,1H3,(H2,10,12)/t8-/m0/s1. The lowest BCUT2D eigenvalue weighted by molar-refractivity contribution is 0.382. The topological polar surface area (TPSA) is 50.9 Å². The first kappa shape index (κ1) is 7.55. The molecule has 2 rings (SSSR count). The Morgan fingerprint density at radius 3 is 2.92 bits per heavy atom. The highest BCUT2D eigenvalue weighted by Crippen LogP contribution is 2.23. The number of nitrogens with zero attached hydrogens (tertiary/aromatic N) is 1. The van der Waals surface area contributed by atoms with Gasteiger partial charge in [0, 0.05) is 12.2 Å². The van der Waals surface area contributed by atoms with E-state index in [1.165, 1.54) is 12.0 Å². The molecule has 2 heterocycles. The van der Waals surface area contributed by atoms with Crippen molar-refractivity contribution in [2.24, 2.45) is 0 Å². The SMILES string of the molecule is Cc1cc([C@@H]2CCN2)cnc1N. The lowest BCUT2D eigenvalue weighted by Gasteiger charge is -2.27. The van der Waals surface area contributed by atoms with Gasteiger partial charge in [0.25, 0.3) is 0 Å². The Hall–Kier alpha value is -1.09. The fraction of sp³-hybridized carbons (Fsp3) is 0.444. The fourth-order valence-corrected chi connectivity index (χ4v) is 1.37. The number of aromatic nitrogens is 1. The van der Waals surface area contributed by atoms with E-state index in [-0.39, 0.29) is 0 Å². The summed E-state index contributed by atoms with van der Waals surface area (Å²) in [6.45, 7) is 3.11. The lowest BCUT2D eigenvalue weighted by Crippen LogP contribution is -2.35. The molecule has 1 fully saturated rings. The van der Waals surface area contributed by atoms with Crippen molar-refractivity contribution < 1.29 is 0 Å². The molecule has 3 nitrogen and oxygen atoms in total. The van der Waals surface area contributed by atoms with Crippen molar-refractivity contribution in [2.75, 3.05) is 12.3 Å². The van der Waals surface area contributed by atoms with Crippen molar-refractivity contribution in [1.82, 2.24) is 10.3 Å². The predicted octanol–water partition coefficient (Wildman–Crippen LogP) is 1.01. The number of aryl methyl sites for hydroxylation is 1. The van der Waals surface area contributed by atoms with Gasteiger partial charge in [0.2, 0.25) is 0 Å². The fourth-order valence-electron chi connectivity index (χ4n) is 1.37. The molecule has 1 aliphatic heterocycles. The quantitative estimate of drug-likeness (QED) is 0.649. The number of rotatable bonds is 1. The van der Waals surface area contributed by atoms with Crippen LogP contribution in [0, 0.1) is 6.92 Å². The third kappa shape index (κ3) is 1.16. The monoisotopic (exact) mass is 163 g/mol. The van der Waals surface area contributed by atoms with Gasteiger partial charge in [-0.2, -0.15) is 0 Å². The summed E-state index contributed by atoms with van der Waals surface area (Å²) >= 11 is 0.